The van der Waals surface area contributed by atoms with E-state index < -0.39 is 0 Å². The number of carbonyl (C=O) groups is 1. The number of amides is 1. The van der Waals surface area contributed by atoms with Crippen LogP contribution in [-0.4, -0.2) is 47.2 Å². The minimum absolute atomic E-state index is 0.122. The van der Waals surface area contributed by atoms with Gasteiger partial charge in [0.25, 0.3) is 11.5 Å². The van der Waals surface area contributed by atoms with E-state index in [1.165, 1.54) is 13.5 Å². The van der Waals surface area contributed by atoms with E-state index in [9.17, 15) is 9.59 Å². The molecule has 1 atom stereocenters. The van der Waals surface area contributed by atoms with Crippen molar-refractivity contribution in [2.75, 3.05) is 37.0 Å². The van der Waals surface area contributed by atoms with Gasteiger partial charge in [-0.05, 0) is 49.9 Å². The smallest absolute Gasteiger partial charge is 0.293 e. The van der Waals surface area contributed by atoms with Crippen molar-refractivity contribution < 1.29 is 9.53 Å². The molecule has 3 heterocycles. The second-order valence-corrected chi connectivity index (χ2v) is 8.89. The standard InChI is InChI=1S/C24H29ClN6O3/c1-4-31-19-8-7-17(10-16(19)11-20(23(31)33)34-14-21(32)26-3)28-22-18(25)12-27-24(29-22)30-9-5-6-15(2)13-30/h7-8,10-12,15H,4-6,9,13-14H2,1-3H3,(H,26,32)(H,27,28,29)/t15-/m1/s1. The topological polar surface area (TPSA) is 101 Å². The highest BCUT2D eigenvalue weighted by atomic mass is 35.5. The van der Waals surface area contributed by atoms with Gasteiger partial charge in [-0.1, -0.05) is 18.5 Å². The molecule has 3 aromatic rings. The van der Waals surface area contributed by atoms with Gasteiger partial charge < -0.3 is 24.8 Å². The molecule has 0 aliphatic carbocycles. The van der Waals surface area contributed by atoms with E-state index in [0.29, 0.717) is 29.3 Å². The van der Waals surface area contributed by atoms with E-state index in [2.05, 4.69) is 32.4 Å². The second kappa shape index (κ2) is 10.3. The van der Waals surface area contributed by atoms with Gasteiger partial charge in [0.1, 0.15) is 5.02 Å². The van der Waals surface area contributed by atoms with Crippen molar-refractivity contribution in [2.45, 2.75) is 33.2 Å². The minimum Gasteiger partial charge on any atom is -0.478 e. The van der Waals surface area contributed by atoms with Crippen LogP contribution in [0.4, 0.5) is 17.5 Å². The maximum atomic E-state index is 12.8. The first-order valence-corrected chi connectivity index (χ1v) is 11.8. The Labute approximate surface area is 203 Å². The first-order chi connectivity index (χ1) is 16.4. The zero-order chi connectivity index (χ0) is 24.2. The molecule has 4 rings (SSSR count). The normalized spacial score (nSPS) is 15.9. The molecule has 1 fully saturated rings. The van der Waals surface area contributed by atoms with E-state index in [1.54, 1.807) is 16.8 Å². The number of ether oxygens (including phenoxy) is 1. The average Bonchev–Trinajstić information content (AvgIpc) is 2.84. The number of likely N-dealkylation sites (N-methyl/N-ethyl adjacent to an activating group) is 1. The van der Waals surface area contributed by atoms with E-state index >= 15 is 0 Å². The molecule has 180 valence electrons. The number of halogens is 1. The molecule has 2 N–H and O–H groups in total. The number of pyridine rings is 1. The Morgan fingerprint density at radius 2 is 2.15 bits per heavy atom. The first-order valence-electron chi connectivity index (χ1n) is 11.4. The highest BCUT2D eigenvalue weighted by Crippen LogP contribution is 2.29. The minimum atomic E-state index is -0.310. The van der Waals surface area contributed by atoms with Crippen LogP contribution >= 0.6 is 11.6 Å². The summed E-state index contributed by atoms with van der Waals surface area (Å²) < 4.78 is 7.11. The van der Waals surface area contributed by atoms with Gasteiger partial charge in [-0.3, -0.25) is 9.59 Å². The lowest BCUT2D eigenvalue weighted by Gasteiger charge is -2.31. The molecule has 0 spiro atoms. The average molecular weight is 485 g/mol. The van der Waals surface area contributed by atoms with Crippen molar-refractivity contribution in [2.24, 2.45) is 5.92 Å². The monoisotopic (exact) mass is 484 g/mol. The Hall–Kier alpha value is -3.33. The summed E-state index contributed by atoms with van der Waals surface area (Å²) in [6, 6.07) is 7.29. The molecular formula is C24H29ClN6O3. The molecule has 1 aliphatic heterocycles. The van der Waals surface area contributed by atoms with E-state index in [1.807, 2.05) is 25.1 Å². The fourth-order valence-corrected chi connectivity index (χ4v) is 4.32. The highest BCUT2D eigenvalue weighted by Gasteiger charge is 2.20. The number of benzene rings is 1. The van der Waals surface area contributed by atoms with Crippen molar-refractivity contribution in [3.63, 3.8) is 0 Å². The maximum absolute atomic E-state index is 12.8. The summed E-state index contributed by atoms with van der Waals surface area (Å²) in [6.45, 7) is 6.21. The van der Waals surface area contributed by atoms with Crippen LogP contribution in [0.1, 0.15) is 26.7 Å². The lowest BCUT2D eigenvalue weighted by atomic mass is 10.0. The predicted octanol–water partition coefficient (Wildman–Crippen LogP) is 3.57. The summed E-state index contributed by atoms with van der Waals surface area (Å²) in [5.74, 6) is 1.58. The van der Waals surface area contributed by atoms with E-state index in [4.69, 9.17) is 16.3 Å². The van der Waals surface area contributed by atoms with Gasteiger partial charge in [0.15, 0.2) is 18.2 Å². The molecule has 1 amide bonds. The highest BCUT2D eigenvalue weighted by molar-refractivity contribution is 6.32. The molecule has 0 saturated carbocycles. The molecule has 9 nitrogen and oxygen atoms in total. The van der Waals surface area contributed by atoms with Gasteiger partial charge in [-0.15, -0.1) is 0 Å². The van der Waals surface area contributed by atoms with Crippen molar-refractivity contribution in [1.82, 2.24) is 19.9 Å². The Morgan fingerprint density at radius 1 is 1.32 bits per heavy atom. The van der Waals surface area contributed by atoms with Crippen LogP contribution in [0.3, 0.4) is 0 Å². The van der Waals surface area contributed by atoms with Crippen LogP contribution in [0.5, 0.6) is 5.75 Å². The summed E-state index contributed by atoms with van der Waals surface area (Å²) in [6.07, 6.45) is 3.94. The molecule has 10 heteroatoms. The molecule has 2 aromatic heterocycles. The van der Waals surface area contributed by atoms with Gasteiger partial charge >= 0.3 is 0 Å². The van der Waals surface area contributed by atoms with Crippen LogP contribution in [0.25, 0.3) is 10.9 Å². The third kappa shape index (κ3) is 5.09. The molecule has 0 bridgehead atoms. The van der Waals surface area contributed by atoms with Crippen molar-refractivity contribution in [1.29, 1.82) is 0 Å². The molecule has 1 aliphatic rings. The SMILES string of the molecule is CCn1c(=O)c(OCC(=O)NC)cc2cc(Nc3nc(N4CCC[C@@H](C)C4)ncc3Cl)ccc21. The van der Waals surface area contributed by atoms with Crippen LogP contribution in [0.15, 0.2) is 35.3 Å². The zero-order valence-electron chi connectivity index (χ0n) is 19.6. The maximum Gasteiger partial charge on any atom is 0.293 e. The molecule has 0 radical (unpaired) electrons. The zero-order valence-corrected chi connectivity index (χ0v) is 20.4. The fraction of sp³-hybridized carbons (Fsp3) is 0.417. The summed E-state index contributed by atoms with van der Waals surface area (Å²) in [7, 11) is 1.52. The predicted molar refractivity (Wildman–Crippen MR) is 134 cm³/mol. The number of nitrogens with zero attached hydrogens (tertiary/aromatic N) is 4. The number of rotatable bonds is 7. The lowest BCUT2D eigenvalue weighted by Crippen LogP contribution is -2.35. The third-order valence-electron chi connectivity index (χ3n) is 5.95. The first kappa shape index (κ1) is 23.8. The molecule has 0 unspecified atom stereocenters. The number of anilines is 3. The Balaban J connectivity index is 1.65. The van der Waals surface area contributed by atoms with Gasteiger partial charge in [0.05, 0.1) is 11.7 Å². The summed E-state index contributed by atoms with van der Waals surface area (Å²) in [5, 5.41) is 6.97. The second-order valence-electron chi connectivity index (χ2n) is 8.48. The molecule has 1 saturated heterocycles. The van der Waals surface area contributed by atoms with Crippen molar-refractivity contribution in [3.8, 4) is 5.75 Å². The Bertz CT molecular complexity index is 1260. The number of carbonyl (C=O) groups excluding carboxylic acids is 1. The quantitative estimate of drug-likeness (QED) is 0.528. The van der Waals surface area contributed by atoms with Crippen LogP contribution in [0.2, 0.25) is 5.02 Å². The molecule has 1 aromatic carbocycles. The van der Waals surface area contributed by atoms with E-state index in [0.717, 1.165) is 36.1 Å². The molecular weight excluding hydrogens is 456 g/mol. The van der Waals surface area contributed by atoms with Gasteiger partial charge in [-0.25, -0.2) is 4.98 Å². The van der Waals surface area contributed by atoms with E-state index in [-0.39, 0.29) is 23.8 Å². The number of hydrogen-bond acceptors (Lipinski definition) is 7. The van der Waals surface area contributed by atoms with Crippen molar-refractivity contribution in [3.05, 3.63) is 45.8 Å². The number of fused-ring (bicyclic) bond motifs is 1. The number of aryl methyl sites for hydroxylation is 1. The van der Waals surface area contributed by atoms with Crippen LogP contribution in [0, 0.1) is 5.92 Å². The number of nitrogens with one attached hydrogen (secondary N) is 2. The fourth-order valence-electron chi connectivity index (χ4n) is 4.18. The Morgan fingerprint density at radius 3 is 2.88 bits per heavy atom. The summed E-state index contributed by atoms with van der Waals surface area (Å²) >= 11 is 6.40. The largest absolute Gasteiger partial charge is 0.478 e. The van der Waals surface area contributed by atoms with Crippen LogP contribution in [-0.2, 0) is 11.3 Å². The van der Waals surface area contributed by atoms with Gasteiger partial charge in [0, 0.05) is 37.8 Å². The molecule has 34 heavy (non-hydrogen) atoms. The van der Waals surface area contributed by atoms with Crippen LogP contribution < -0.4 is 25.8 Å². The summed E-state index contributed by atoms with van der Waals surface area (Å²) in [5.41, 5.74) is 1.24. The summed E-state index contributed by atoms with van der Waals surface area (Å²) in [4.78, 5) is 35.7. The Kier molecular flexibility index (Phi) is 7.21. The van der Waals surface area contributed by atoms with Crippen molar-refractivity contribution >= 4 is 45.9 Å². The third-order valence-corrected chi connectivity index (χ3v) is 6.23. The number of piperidine rings is 1. The number of aromatic nitrogens is 3. The number of hydrogen-bond donors (Lipinski definition) is 2. The van der Waals surface area contributed by atoms with Gasteiger partial charge in [-0.2, -0.15) is 4.98 Å². The lowest BCUT2D eigenvalue weighted by molar-refractivity contribution is -0.122. The van der Waals surface area contributed by atoms with Gasteiger partial charge in [0.2, 0.25) is 5.95 Å².